The molecular weight excluding hydrogens is 560 g/mol. The summed E-state index contributed by atoms with van der Waals surface area (Å²) in [6.07, 6.45) is 4.84. The molecule has 1 saturated carbocycles. The number of nitrogens with two attached hydrogens (primary N) is 2. The predicted octanol–water partition coefficient (Wildman–Crippen LogP) is 4.37. The monoisotopic (exact) mass is 594 g/mol. The Labute approximate surface area is 252 Å². The Hall–Kier alpha value is -4.16. The topological polar surface area (TPSA) is 139 Å². The molecule has 5 N–H and O–H groups in total. The van der Waals surface area contributed by atoms with E-state index in [0.29, 0.717) is 11.6 Å². The van der Waals surface area contributed by atoms with Crippen molar-refractivity contribution in [3.8, 4) is 28.3 Å². The fourth-order valence-corrected chi connectivity index (χ4v) is 6.66. The predicted molar refractivity (Wildman–Crippen MR) is 171 cm³/mol. The van der Waals surface area contributed by atoms with E-state index < -0.39 is 11.1 Å². The third-order valence-electron chi connectivity index (χ3n) is 8.70. The highest BCUT2D eigenvalue weighted by Gasteiger charge is 2.34. The molecule has 1 aliphatic carbocycles. The van der Waals surface area contributed by atoms with Crippen LogP contribution in [-0.2, 0) is 16.6 Å². The lowest BCUT2D eigenvalue weighted by atomic mass is 9.73. The number of piperazine rings is 1. The highest BCUT2D eigenvalue weighted by molar-refractivity contribution is 7.79. The number of imidazole rings is 1. The van der Waals surface area contributed by atoms with Crippen LogP contribution in [0.15, 0.2) is 79.0 Å². The van der Waals surface area contributed by atoms with Gasteiger partial charge in [0.05, 0.1) is 11.3 Å². The third-order valence-corrected chi connectivity index (χ3v) is 9.29. The van der Waals surface area contributed by atoms with Crippen molar-refractivity contribution in [2.45, 2.75) is 24.8 Å². The van der Waals surface area contributed by atoms with E-state index in [0.717, 1.165) is 90.4 Å². The normalized spacial score (nSPS) is 17.6. The van der Waals surface area contributed by atoms with Crippen LogP contribution in [-0.4, -0.2) is 65.2 Å². The van der Waals surface area contributed by atoms with E-state index in [-0.39, 0.29) is 11.4 Å². The Balaban J connectivity index is 1.27. The number of anilines is 2. The van der Waals surface area contributed by atoms with Gasteiger partial charge in [-0.3, -0.25) is 9.47 Å². The molecule has 1 atom stereocenters. The number of pyridine rings is 2. The second-order valence-electron chi connectivity index (χ2n) is 11.4. The largest absolute Gasteiger partial charge is 0.383 e. The smallest absolute Gasteiger partial charge is 0.167 e. The fraction of sp³-hybridized carbons (Fsp3) is 0.281. The van der Waals surface area contributed by atoms with E-state index in [1.165, 1.54) is 0 Å². The van der Waals surface area contributed by atoms with Crippen LogP contribution >= 0.6 is 0 Å². The van der Waals surface area contributed by atoms with E-state index in [1.54, 1.807) is 6.20 Å². The number of aromatic nitrogens is 4. The van der Waals surface area contributed by atoms with Crippen LogP contribution in [0, 0.1) is 0 Å². The van der Waals surface area contributed by atoms with Gasteiger partial charge in [0.15, 0.2) is 22.6 Å². The minimum atomic E-state index is -1.81. The molecule has 5 aromatic rings. The molecule has 0 amide bonds. The standard InChI is InChI=1S/C32H34N8O2S/c33-29-26(6-2-15-35-29)30-37-28-12-11-27(22-4-1-5-25(20-22)39-18-16-38(17-19-39)21-43(41)42)36-31(28)40(30)24-9-7-23(8-10-24)32(34)13-3-14-32/h1-2,4-12,15,20H,3,13-14,16-19,21,34H2,(H2,33,35)(H,41,42). The molecule has 2 fully saturated rings. The number of nitrogen functional groups attached to an aromatic ring is 1. The highest BCUT2D eigenvalue weighted by atomic mass is 32.2. The highest BCUT2D eigenvalue weighted by Crippen LogP contribution is 2.39. The van der Waals surface area contributed by atoms with Gasteiger partial charge in [-0.25, -0.2) is 19.2 Å². The van der Waals surface area contributed by atoms with E-state index in [4.69, 9.17) is 21.4 Å². The number of rotatable bonds is 7. The molecule has 10 nitrogen and oxygen atoms in total. The maximum Gasteiger partial charge on any atom is 0.167 e. The summed E-state index contributed by atoms with van der Waals surface area (Å²) < 4.78 is 22.5. The van der Waals surface area contributed by atoms with Crippen LogP contribution in [0.3, 0.4) is 0 Å². The van der Waals surface area contributed by atoms with Gasteiger partial charge in [0.1, 0.15) is 17.2 Å². The average molecular weight is 595 g/mol. The molecule has 0 bridgehead atoms. The molecule has 11 heteroatoms. The van der Waals surface area contributed by atoms with Crippen molar-refractivity contribution in [3.63, 3.8) is 0 Å². The lowest BCUT2D eigenvalue weighted by molar-refractivity contribution is 0.253. The van der Waals surface area contributed by atoms with Crippen LogP contribution in [0.2, 0.25) is 0 Å². The molecule has 3 aromatic heterocycles. The zero-order valence-electron chi connectivity index (χ0n) is 23.8. The Bertz CT molecular complexity index is 1810. The SMILES string of the molecule is Nc1ncccc1-c1nc2ccc(-c3cccc(N4CCN(CS(=O)O)CC4)c3)nc2n1-c1ccc(C2(N)CCC2)cc1. The third kappa shape index (κ3) is 5.29. The Kier molecular flexibility index (Phi) is 7.18. The number of benzene rings is 2. The van der Waals surface area contributed by atoms with Gasteiger partial charge in [0.2, 0.25) is 0 Å². The average Bonchev–Trinajstić information content (AvgIpc) is 3.39. The van der Waals surface area contributed by atoms with Gasteiger partial charge in [-0.2, -0.15) is 0 Å². The first-order valence-electron chi connectivity index (χ1n) is 14.5. The van der Waals surface area contributed by atoms with Crippen LogP contribution < -0.4 is 16.4 Å². The molecule has 1 saturated heterocycles. The molecule has 7 rings (SSSR count). The van der Waals surface area contributed by atoms with Crippen molar-refractivity contribution in [1.29, 1.82) is 0 Å². The van der Waals surface area contributed by atoms with E-state index >= 15 is 0 Å². The summed E-state index contributed by atoms with van der Waals surface area (Å²) in [5.74, 6) is 1.28. The Morgan fingerprint density at radius 1 is 0.907 bits per heavy atom. The summed E-state index contributed by atoms with van der Waals surface area (Å²) in [7, 11) is 0. The molecule has 1 aliphatic heterocycles. The van der Waals surface area contributed by atoms with Crippen molar-refractivity contribution in [1.82, 2.24) is 24.4 Å². The van der Waals surface area contributed by atoms with Gasteiger partial charge < -0.3 is 20.9 Å². The Morgan fingerprint density at radius 2 is 1.70 bits per heavy atom. The van der Waals surface area contributed by atoms with E-state index in [2.05, 4.69) is 52.3 Å². The summed E-state index contributed by atoms with van der Waals surface area (Å²) in [6, 6.07) is 24.6. The van der Waals surface area contributed by atoms with E-state index in [1.807, 2.05) is 39.8 Å². The molecular formula is C32H34N8O2S. The number of fused-ring (bicyclic) bond motifs is 1. The summed E-state index contributed by atoms with van der Waals surface area (Å²) in [5, 5.41) is 0. The van der Waals surface area contributed by atoms with Crippen molar-refractivity contribution in [2.75, 3.05) is 42.7 Å². The van der Waals surface area contributed by atoms with Gasteiger partial charge in [-0.1, -0.05) is 24.3 Å². The van der Waals surface area contributed by atoms with Crippen molar-refractivity contribution in [2.24, 2.45) is 5.73 Å². The zero-order chi connectivity index (χ0) is 29.6. The van der Waals surface area contributed by atoms with Gasteiger partial charge >= 0.3 is 0 Å². The number of hydrogen-bond acceptors (Lipinski definition) is 8. The van der Waals surface area contributed by atoms with Crippen molar-refractivity contribution < 1.29 is 8.76 Å². The zero-order valence-corrected chi connectivity index (χ0v) is 24.6. The fourth-order valence-electron chi connectivity index (χ4n) is 6.09. The molecule has 0 radical (unpaired) electrons. The summed E-state index contributed by atoms with van der Waals surface area (Å²) >= 11 is -1.81. The maximum absolute atomic E-state index is 11.2. The molecule has 2 aliphatic rings. The number of hydrogen-bond donors (Lipinski definition) is 3. The Morgan fingerprint density at radius 3 is 2.40 bits per heavy atom. The van der Waals surface area contributed by atoms with Gasteiger partial charge in [0.25, 0.3) is 0 Å². The first kappa shape index (κ1) is 27.7. The molecule has 0 spiro atoms. The lowest BCUT2D eigenvalue weighted by Crippen LogP contribution is -2.47. The van der Waals surface area contributed by atoms with Gasteiger partial charge in [0, 0.05) is 54.9 Å². The van der Waals surface area contributed by atoms with Crippen LogP contribution in [0.25, 0.3) is 39.5 Å². The number of nitrogens with zero attached hydrogens (tertiary/aromatic N) is 6. The molecule has 43 heavy (non-hydrogen) atoms. The van der Waals surface area contributed by atoms with Crippen LogP contribution in [0.4, 0.5) is 11.5 Å². The maximum atomic E-state index is 11.2. The van der Waals surface area contributed by atoms with Crippen LogP contribution in [0.1, 0.15) is 24.8 Å². The minimum absolute atomic E-state index is 0.188. The van der Waals surface area contributed by atoms with Gasteiger partial charge in [-0.15, -0.1) is 0 Å². The summed E-state index contributed by atoms with van der Waals surface area (Å²) in [6.45, 7) is 3.06. The second-order valence-corrected chi connectivity index (χ2v) is 12.3. The molecule has 2 aromatic carbocycles. The lowest BCUT2D eigenvalue weighted by Gasteiger charge is -2.38. The molecule has 1 unspecified atom stereocenters. The first-order valence-corrected chi connectivity index (χ1v) is 15.8. The molecule has 220 valence electrons. The summed E-state index contributed by atoms with van der Waals surface area (Å²) in [4.78, 5) is 18.8. The minimum Gasteiger partial charge on any atom is -0.383 e. The second kappa shape index (κ2) is 11.2. The van der Waals surface area contributed by atoms with Crippen LogP contribution in [0.5, 0.6) is 0 Å². The van der Waals surface area contributed by atoms with Crippen molar-refractivity contribution >= 4 is 33.7 Å². The molecule has 4 heterocycles. The summed E-state index contributed by atoms with van der Waals surface area (Å²) in [5.41, 5.74) is 19.9. The van der Waals surface area contributed by atoms with E-state index in [9.17, 15) is 8.76 Å². The quantitative estimate of drug-likeness (QED) is 0.234. The first-order chi connectivity index (χ1) is 20.9. The van der Waals surface area contributed by atoms with Gasteiger partial charge in [-0.05, 0) is 73.4 Å². The van der Waals surface area contributed by atoms with Crippen molar-refractivity contribution in [3.05, 3.63) is 84.6 Å².